The first-order valence-electron chi connectivity index (χ1n) is 10.7. The van der Waals surface area contributed by atoms with Crippen molar-refractivity contribution in [1.29, 1.82) is 0 Å². The average Bonchev–Trinajstić information content (AvgIpc) is 3.18. The fraction of sp³-hybridized carbons (Fsp3) is 0.375. The lowest BCUT2D eigenvalue weighted by molar-refractivity contribution is -0.156. The third-order valence-electron chi connectivity index (χ3n) is 5.30. The minimum atomic E-state index is -0.310. The van der Waals surface area contributed by atoms with Crippen LogP contribution < -0.4 is 10.6 Å². The number of fused-ring (bicyclic) bond motifs is 1. The van der Waals surface area contributed by atoms with E-state index in [1.165, 1.54) is 0 Å². The van der Waals surface area contributed by atoms with Gasteiger partial charge in [0, 0.05) is 44.3 Å². The molecule has 1 aliphatic heterocycles. The molecule has 4 rings (SSSR count). The lowest BCUT2D eigenvalue weighted by Crippen LogP contribution is -2.56. The lowest BCUT2D eigenvalue weighted by atomic mass is 10.0. The molecule has 3 amide bonds. The van der Waals surface area contributed by atoms with Crippen LogP contribution in [0.3, 0.4) is 0 Å². The zero-order valence-electron chi connectivity index (χ0n) is 18.9. The quantitative estimate of drug-likeness (QED) is 0.644. The van der Waals surface area contributed by atoms with Crippen LogP contribution in [-0.2, 0) is 16.0 Å². The minimum Gasteiger partial charge on any atom is -0.369 e. The van der Waals surface area contributed by atoms with Gasteiger partial charge < -0.3 is 24.7 Å². The molecule has 0 aliphatic carbocycles. The molecule has 0 unspecified atom stereocenters. The van der Waals surface area contributed by atoms with E-state index in [-0.39, 0.29) is 23.6 Å². The third kappa shape index (κ3) is 4.91. The van der Waals surface area contributed by atoms with Crippen molar-refractivity contribution in [3.63, 3.8) is 0 Å². The van der Waals surface area contributed by atoms with Gasteiger partial charge in [-0.15, -0.1) is 0 Å². The second kappa shape index (κ2) is 8.63. The number of aromatic nitrogens is 2. The number of carbonyl (C=O) groups excluding carboxylic acids is 2. The highest BCUT2D eigenvalue weighted by Gasteiger charge is 2.33. The van der Waals surface area contributed by atoms with Gasteiger partial charge in [-0.3, -0.25) is 4.79 Å². The molecule has 0 saturated carbocycles. The first-order valence-corrected chi connectivity index (χ1v) is 10.7. The Labute approximate surface area is 187 Å². The van der Waals surface area contributed by atoms with Crippen molar-refractivity contribution < 1.29 is 14.3 Å². The Hall–Kier alpha value is -3.39. The topological polar surface area (TPSA) is 88.0 Å². The molecule has 8 nitrogen and oxygen atoms in total. The van der Waals surface area contributed by atoms with Gasteiger partial charge >= 0.3 is 6.03 Å². The van der Waals surface area contributed by atoms with E-state index in [0.29, 0.717) is 30.8 Å². The molecule has 1 aromatic carbocycles. The summed E-state index contributed by atoms with van der Waals surface area (Å²) in [4.78, 5) is 30.7. The van der Waals surface area contributed by atoms with Gasteiger partial charge in [-0.05, 0) is 38.0 Å². The number of carbonyl (C=O) groups is 2. The van der Waals surface area contributed by atoms with Gasteiger partial charge in [0.2, 0.25) is 5.91 Å². The summed E-state index contributed by atoms with van der Waals surface area (Å²) in [7, 11) is 1.57. The molecule has 2 N–H and O–H groups in total. The first kappa shape index (κ1) is 21.8. The van der Waals surface area contributed by atoms with E-state index in [9.17, 15) is 9.59 Å². The van der Waals surface area contributed by atoms with Crippen LogP contribution in [0.2, 0.25) is 0 Å². The molecule has 0 radical (unpaired) electrons. The lowest BCUT2D eigenvalue weighted by Gasteiger charge is -2.42. The van der Waals surface area contributed by atoms with E-state index in [1.807, 2.05) is 72.8 Å². The largest absolute Gasteiger partial charge is 0.369 e. The molecule has 168 valence electrons. The summed E-state index contributed by atoms with van der Waals surface area (Å²) in [6.07, 6.45) is 5.93. The Morgan fingerprint density at radius 3 is 2.69 bits per heavy atom. The van der Waals surface area contributed by atoms with Crippen LogP contribution in [0.25, 0.3) is 16.8 Å². The summed E-state index contributed by atoms with van der Waals surface area (Å²) in [5, 5.41) is 5.38. The van der Waals surface area contributed by atoms with Crippen LogP contribution in [0.1, 0.15) is 26.3 Å². The number of urea groups is 1. The highest BCUT2D eigenvalue weighted by Crippen LogP contribution is 2.27. The van der Waals surface area contributed by atoms with E-state index < -0.39 is 0 Å². The third-order valence-corrected chi connectivity index (χ3v) is 5.30. The van der Waals surface area contributed by atoms with Crippen LogP contribution in [0.15, 0.2) is 48.9 Å². The number of hydrogen-bond donors (Lipinski definition) is 2. The molecule has 0 spiro atoms. The van der Waals surface area contributed by atoms with E-state index in [0.717, 1.165) is 16.7 Å². The van der Waals surface area contributed by atoms with E-state index in [1.54, 1.807) is 13.2 Å². The van der Waals surface area contributed by atoms with E-state index in [4.69, 9.17) is 4.74 Å². The van der Waals surface area contributed by atoms with E-state index >= 15 is 0 Å². The molecule has 8 heteroatoms. The summed E-state index contributed by atoms with van der Waals surface area (Å²) in [5.41, 5.74) is 3.89. The summed E-state index contributed by atoms with van der Waals surface area (Å²) >= 11 is 0. The van der Waals surface area contributed by atoms with Crippen LogP contribution in [0.4, 0.5) is 10.5 Å². The van der Waals surface area contributed by atoms with Gasteiger partial charge in [-0.2, -0.15) is 0 Å². The molecular weight excluding hydrogens is 406 g/mol. The Balaban J connectivity index is 1.49. The second-order valence-corrected chi connectivity index (χ2v) is 9.03. The van der Waals surface area contributed by atoms with Gasteiger partial charge in [-0.25, -0.2) is 9.78 Å². The number of ether oxygens (including phenoxy) is 1. The molecule has 1 aliphatic rings. The minimum absolute atomic E-state index is 0.0999. The zero-order chi connectivity index (χ0) is 22.9. The maximum Gasteiger partial charge on any atom is 0.319 e. The van der Waals surface area contributed by atoms with Crippen molar-refractivity contribution in [2.75, 3.05) is 25.5 Å². The maximum absolute atomic E-state index is 12.7. The molecule has 0 bridgehead atoms. The number of amides is 3. The second-order valence-electron chi connectivity index (χ2n) is 9.03. The van der Waals surface area contributed by atoms with Gasteiger partial charge in [0.25, 0.3) is 0 Å². The summed E-state index contributed by atoms with van der Waals surface area (Å²) in [6, 6.07) is 9.50. The Morgan fingerprint density at radius 2 is 1.97 bits per heavy atom. The molecule has 1 saturated heterocycles. The van der Waals surface area contributed by atoms with Crippen LogP contribution >= 0.6 is 0 Å². The summed E-state index contributed by atoms with van der Waals surface area (Å²) in [5.74, 6) is 0.0999. The van der Waals surface area contributed by atoms with Crippen molar-refractivity contribution >= 4 is 23.3 Å². The first-order chi connectivity index (χ1) is 15.2. The van der Waals surface area contributed by atoms with Crippen LogP contribution in [-0.4, -0.2) is 58.1 Å². The SMILES string of the molecule is CNC(=O)Nc1cc(-c2cccc(CC(=O)N3CC(OC(C)(C)C)C3)c2)cn2ccnc12. The highest BCUT2D eigenvalue weighted by atomic mass is 16.5. The predicted molar refractivity (Wildman–Crippen MR) is 124 cm³/mol. The average molecular weight is 436 g/mol. The Kier molecular flexibility index (Phi) is 5.88. The number of imidazole rings is 1. The predicted octanol–water partition coefficient (Wildman–Crippen LogP) is 3.32. The fourth-order valence-electron chi connectivity index (χ4n) is 3.83. The summed E-state index contributed by atoms with van der Waals surface area (Å²) < 4.78 is 7.79. The number of benzene rings is 1. The molecule has 3 aromatic rings. The highest BCUT2D eigenvalue weighted by molar-refractivity contribution is 5.94. The number of nitrogens with one attached hydrogen (secondary N) is 2. The Morgan fingerprint density at radius 1 is 1.19 bits per heavy atom. The van der Waals surface area contributed by atoms with Crippen molar-refractivity contribution in [2.24, 2.45) is 0 Å². The number of hydrogen-bond acceptors (Lipinski definition) is 4. The van der Waals surface area contributed by atoms with Crippen molar-refractivity contribution in [3.05, 3.63) is 54.5 Å². The molecule has 2 aromatic heterocycles. The molecular formula is C24H29N5O3. The number of rotatable bonds is 5. The van der Waals surface area contributed by atoms with Crippen LogP contribution in [0, 0.1) is 0 Å². The smallest absolute Gasteiger partial charge is 0.319 e. The van der Waals surface area contributed by atoms with E-state index in [2.05, 4.69) is 15.6 Å². The molecule has 3 heterocycles. The molecule has 32 heavy (non-hydrogen) atoms. The number of anilines is 1. The molecule has 0 atom stereocenters. The van der Waals surface area contributed by atoms with Gasteiger partial charge in [0.1, 0.15) is 0 Å². The number of pyridine rings is 1. The fourth-order valence-corrected chi connectivity index (χ4v) is 3.83. The molecule has 1 fully saturated rings. The van der Waals surface area contributed by atoms with Crippen molar-refractivity contribution in [1.82, 2.24) is 19.6 Å². The Bertz CT molecular complexity index is 1140. The van der Waals surface area contributed by atoms with Gasteiger partial charge in [-0.1, -0.05) is 24.3 Å². The zero-order valence-corrected chi connectivity index (χ0v) is 18.9. The van der Waals surface area contributed by atoms with Crippen LogP contribution in [0.5, 0.6) is 0 Å². The normalized spacial score (nSPS) is 14.3. The maximum atomic E-state index is 12.7. The van der Waals surface area contributed by atoms with Gasteiger partial charge in [0.05, 0.1) is 23.8 Å². The standard InChI is InChI=1S/C24H29N5O3/c1-24(2,3)32-19-14-29(15-19)21(30)11-16-6-5-7-17(10-16)18-12-20(27-23(31)25-4)22-26-8-9-28(22)13-18/h5-10,12-13,19H,11,14-15H2,1-4H3,(H2,25,27,31). The van der Waals surface area contributed by atoms with Crippen molar-refractivity contribution in [2.45, 2.75) is 38.9 Å². The van der Waals surface area contributed by atoms with Gasteiger partial charge in [0.15, 0.2) is 5.65 Å². The van der Waals surface area contributed by atoms with Crippen molar-refractivity contribution in [3.8, 4) is 11.1 Å². The monoisotopic (exact) mass is 435 g/mol. The number of nitrogens with zero attached hydrogens (tertiary/aromatic N) is 3. The summed E-state index contributed by atoms with van der Waals surface area (Å²) in [6.45, 7) is 7.36. The number of likely N-dealkylation sites (tertiary alicyclic amines) is 1.